The maximum Gasteiger partial charge on any atom is 0.308 e. The lowest BCUT2D eigenvalue weighted by Crippen LogP contribution is -2.21. The number of carbonyl (C=O) groups excluding carboxylic acids is 1. The molecule has 0 aliphatic rings. The van der Waals surface area contributed by atoms with Crippen molar-refractivity contribution in [2.75, 3.05) is 11.9 Å². The highest BCUT2D eigenvalue weighted by Gasteiger charge is 2.20. The number of nitrogens with one attached hydrogen (secondary N) is 1. The Labute approximate surface area is 204 Å². The lowest BCUT2D eigenvalue weighted by Gasteiger charge is -2.16. The third-order valence-corrected chi connectivity index (χ3v) is 5.52. The molecule has 6 heteroatoms. The Hall–Kier alpha value is -4.58. The highest BCUT2D eigenvalue weighted by atomic mass is 16.4. The van der Waals surface area contributed by atoms with E-state index < -0.39 is 11.9 Å². The van der Waals surface area contributed by atoms with Gasteiger partial charge < -0.3 is 10.4 Å². The molecule has 0 radical (unpaired) electrons. The summed E-state index contributed by atoms with van der Waals surface area (Å²) in [6.45, 7) is 0.0942. The number of carboxylic acids is 1. The van der Waals surface area contributed by atoms with Gasteiger partial charge >= 0.3 is 5.97 Å². The number of nitrogens with zero attached hydrogens (tertiary/aromatic N) is 2. The van der Waals surface area contributed by atoms with Crippen LogP contribution in [-0.4, -0.2) is 34.2 Å². The van der Waals surface area contributed by atoms with Crippen molar-refractivity contribution in [2.24, 2.45) is 10.9 Å². The van der Waals surface area contributed by atoms with Crippen molar-refractivity contribution in [1.29, 1.82) is 0 Å². The first kappa shape index (κ1) is 23.6. The first-order valence-electron chi connectivity index (χ1n) is 11.3. The van der Waals surface area contributed by atoms with Crippen molar-refractivity contribution in [1.82, 2.24) is 4.98 Å². The predicted octanol–water partition coefficient (Wildman–Crippen LogP) is 5.11. The SMILES string of the molecule is O=C(Nc1ccccc1C(=NCC(Cc1ccccc1)C(=O)O)c1ccccc1)c1ccccn1. The van der Waals surface area contributed by atoms with E-state index in [0.717, 1.165) is 11.1 Å². The molecule has 3 aromatic carbocycles. The molecule has 0 bridgehead atoms. The maximum atomic E-state index is 12.8. The van der Waals surface area contributed by atoms with Crippen LogP contribution in [0.25, 0.3) is 0 Å². The summed E-state index contributed by atoms with van der Waals surface area (Å²) in [4.78, 5) is 33.7. The summed E-state index contributed by atoms with van der Waals surface area (Å²) in [5.41, 5.74) is 3.96. The minimum atomic E-state index is -0.901. The van der Waals surface area contributed by atoms with Gasteiger partial charge in [0.1, 0.15) is 5.69 Å². The summed E-state index contributed by atoms with van der Waals surface area (Å²) in [5.74, 6) is -1.92. The summed E-state index contributed by atoms with van der Waals surface area (Å²) in [5, 5.41) is 12.8. The van der Waals surface area contributed by atoms with Crippen LogP contribution in [0.5, 0.6) is 0 Å². The number of hydrogen-bond acceptors (Lipinski definition) is 4. The Morgan fingerprint density at radius 2 is 1.49 bits per heavy atom. The fourth-order valence-electron chi connectivity index (χ4n) is 3.74. The van der Waals surface area contributed by atoms with Gasteiger partial charge in [0.05, 0.1) is 23.9 Å². The lowest BCUT2D eigenvalue weighted by atomic mass is 9.97. The van der Waals surface area contributed by atoms with E-state index in [-0.39, 0.29) is 12.5 Å². The number of carbonyl (C=O) groups is 2. The van der Waals surface area contributed by atoms with E-state index in [1.807, 2.05) is 78.9 Å². The summed E-state index contributed by atoms with van der Waals surface area (Å²) in [6.07, 6.45) is 1.94. The topological polar surface area (TPSA) is 91.7 Å². The van der Waals surface area contributed by atoms with Crippen LogP contribution in [0.15, 0.2) is 114 Å². The predicted molar refractivity (Wildman–Crippen MR) is 137 cm³/mol. The molecule has 4 rings (SSSR count). The number of anilines is 1. The monoisotopic (exact) mass is 463 g/mol. The Balaban J connectivity index is 1.68. The van der Waals surface area contributed by atoms with Crippen LogP contribution in [0, 0.1) is 5.92 Å². The average molecular weight is 464 g/mol. The van der Waals surface area contributed by atoms with Gasteiger partial charge in [-0.25, -0.2) is 0 Å². The van der Waals surface area contributed by atoms with Gasteiger partial charge in [-0.05, 0) is 30.2 Å². The smallest absolute Gasteiger partial charge is 0.308 e. The molecule has 1 amide bonds. The van der Waals surface area contributed by atoms with Crippen molar-refractivity contribution in [3.8, 4) is 0 Å². The molecule has 35 heavy (non-hydrogen) atoms. The van der Waals surface area contributed by atoms with Crippen LogP contribution in [0.1, 0.15) is 27.2 Å². The number of pyridine rings is 1. The zero-order valence-electron chi connectivity index (χ0n) is 19.0. The van der Waals surface area contributed by atoms with Crippen molar-refractivity contribution in [2.45, 2.75) is 6.42 Å². The number of hydrogen-bond donors (Lipinski definition) is 2. The molecule has 0 spiro atoms. The molecule has 1 atom stereocenters. The molecule has 174 valence electrons. The zero-order chi connectivity index (χ0) is 24.5. The van der Waals surface area contributed by atoms with Crippen molar-refractivity contribution in [3.63, 3.8) is 0 Å². The second-order valence-electron chi connectivity index (χ2n) is 7.99. The summed E-state index contributed by atoms with van der Waals surface area (Å²) in [6, 6.07) is 31.6. The number of amides is 1. The second kappa shape index (κ2) is 11.5. The molecule has 1 aromatic heterocycles. The molecule has 1 unspecified atom stereocenters. The minimum Gasteiger partial charge on any atom is -0.481 e. The number of aliphatic imine (C=N–C) groups is 1. The van der Waals surface area contributed by atoms with Crippen LogP contribution < -0.4 is 5.32 Å². The Morgan fingerprint density at radius 1 is 0.829 bits per heavy atom. The third-order valence-electron chi connectivity index (χ3n) is 5.52. The number of benzene rings is 3. The number of aromatic nitrogens is 1. The van der Waals surface area contributed by atoms with Crippen LogP contribution >= 0.6 is 0 Å². The standard InChI is InChI=1S/C29H25N3O3/c33-28(26-17-9-10-18-30-26)32-25-16-8-7-15-24(25)27(22-13-5-2-6-14-22)31-20-23(29(34)35)19-21-11-3-1-4-12-21/h1-18,23H,19-20H2,(H,32,33)(H,34,35). The number of para-hydroxylation sites is 1. The summed E-state index contributed by atoms with van der Waals surface area (Å²) >= 11 is 0. The first-order valence-corrected chi connectivity index (χ1v) is 11.3. The molecule has 2 N–H and O–H groups in total. The fourth-order valence-corrected chi connectivity index (χ4v) is 3.74. The van der Waals surface area contributed by atoms with Gasteiger partial charge in [-0.2, -0.15) is 0 Å². The van der Waals surface area contributed by atoms with E-state index in [0.29, 0.717) is 29.1 Å². The van der Waals surface area contributed by atoms with Gasteiger partial charge in [0.15, 0.2) is 0 Å². The molecular weight excluding hydrogens is 438 g/mol. The summed E-state index contributed by atoms with van der Waals surface area (Å²) < 4.78 is 0. The van der Waals surface area contributed by atoms with E-state index in [1.54, 1.807) is 30.5 Å². The van der Waals surface area contributed by atoms with E-state index in [4.69, 9.17) is 4.99 Å². The molecular formula is C29H25N3O3. The lowest BCUT2D eigenvalue weighted by molar-refractivity contribution is -0.141. The van der Waals surface area contributed by atoms with Gasteiger partial charge in [-0.15, -0.1) is 0 Å². The van der Waals surface area contributed by atoms with E-state index in [1.165, 1.54) is 0 Å². The second-order valence-corrected chi connectivity index (χ2v) is 7.99. The van der Waals surface area contributed by atoms with Gasteiger partial charge in [0.25, 0.3) is 5.91 Å². The van der Waals surface area contributed by atoms with E-state index >= 15 is 0 Å². The zero-order valence-corrected chi connectivity index (χ0v) is 19.0. The maximum absolute atomic E-state index is 12.8. The van der Waals surface area contributed by atoms with Crippen LogP contribution in [0.3, 0.4) is 0 Å². The molecule has 0 saturated heterocycles. The third kappa shape index (κ3) is 6.26. The largest absolute Gasteiger partial charge is 0.481 e. The van der Waals surface area contributed by atoms with Crippen molar-refractivity contribution >= 4 is 23.3 Å². The normalized spacial score (nSPS) is 12.1. The summed E-state index contributed by atoms with van der Waals surface area (Å²) in [7, 11) is 0. The van der Waals surface area contributed by atoms with Crippen molar-refractivity contribution in [3.05, 3.63) is 132 Å². The van der Waals surface area contributed by atoms with Gasteiger partial charge in [0, 0.05) is 17.3 Å². The molecule has 0 aliphatic heterocycles. The number of rotatable bonds is 9. The Kier molecular flexibility index (Phi) is 7.76. The van der Waals surface area contributed by atoms with E-state index in [9.17, 15) is 14.7 Å². The minimum absolute atomic E-state index is 0.0942. The first-order chi connectivity index (χ1) is 17.1. The molecule has 0 aliphatic carbocycles. The molecule has 0 saturated carbocycles. The average Bonchev–Trinajstić information content (AvgIpc) is 2.90. The fraction of sp³-hybridized carbons (Fsp3) is 0.103. The van der Waals surface area contributed by atoms with Gasteiger partial charge in [-0.3, -0.25) is 19.6 Å². The number of carboxylic acid groups (broad SMARTS) is 1. The van der Waals surface area contributed by atoms with Gasteiger partial charge in [-0.1, -0.05) is 84.9 Å². The van der Waals surface area contributed by atoms with Crippen LogP contribution in [0.2, 0.25) is 0 Å². The molecule has 1 heterocycles. The van der Waals surface area contributed by atoms with E-state index in [2.05, 4.69) is 10.3 Å². The molecule has 6 nitrogen and oxygen atoms in total. The van der Waals surface area contributed by atoms with Gasteiger partial charge in [0.2, 0.25) is 0 Å². The molecule has 0 fully saturated rings. The van der Waals surface area contributed by atoms with Crippen LogP contribution in [0.4, 0.5) is 5.69 Å². The number of aliphatic carboxylic acids is 1. The molecule has 4 aromatic rings. The Bertz CT molecular complexity index is 1310. The van der Waals surface area contributed by atoms with Crippen LogP contribution in [-0.2, 0) is 11.2 Å². The quantitative estimate of drug-likeness (QED) is 0.337. The highest BCUT2D eigenvalue weighted by molar-refractivity contribution is 6.18. The highest BCUT2D eigenvalue weighted by Crippen LogP contribution is 2.22. The Morgan fingerprint density at radius 3 is 2.17 bits per heavy atom. The van der Waals surface area contributed by atoms with Crippen molar-refractivity contribution < 1.29 is 14.7 Å².